The first kappa shape index (κ1) is 10.5. The third-order valence-corrected chi connectivity index (χ3v) is 3.54. The Labute approximate surface area is 80.6 Å². The topological polar surface area (TPSA) is 44.0 Å². The summed E-state index contributed by atoms with van der Waals surface area (Å²) in [5.41, 5.74) is -1.36. The predicted octanol–water partition coefficient (Wildman–Crippen LogP) is 2.48. The van der Waals surface area contributed by atoms with Crippen molar-refractivity contribution in [3.8, 4) is 6.07 Å². The molecule has 1 saturated carbocycles. The van der Waals surface area contributed by atoms with Gasteiger partial charge in [-0.1, -0.05) is 6.92 Å². The maximum Gasteiger partial charge on any atom is 0.0828 e. The molecule has 1 aliphatic rings. The second kappa shape index (κ2) is 3.31. The van der Waals surface area contributed by atoms with E-state index in [4.69, 9.17) is 5.26 Å². The molecular formula is C11H19NO. The van der Waals surface area contributed by atoms with Gasteiger partial charge in [-0.05, 0) is 45.4 Å². The van der Waals surface area contributed by atoms with Gasteiger partial charge in [0.15, 0.2) is 0 Å². The first-order chi connectivity index (χ1) is 5.91. The van der Waals surface area contributed by atoms with E-state index >= 15 is 0 Å². The Morgan fingerprint density at radius 3 is 2.23 bits per heavy atom. The molecule has 1 N–H and O–H groups in total. The molecule has 1 rings (SSSR count). The van der Waals surface area contributed by atoms with Crippen LogP contribution in [0.1, 0.15) is 46.5 Å². The van der Waals surface area contributed by atoms with Crippen molar-refractivity contribution in [1.82, 2.24) is 0 Å². The lowest BCUT2D eigenvalue weighted by molar-refractivity contribution is -0.0752. The van der Waals surface area contributed by atoms with Crippen LogP contribution in [0.5, 0.6) is 0 Å². The summed E-state index contributed by atoms with van der Waals surface area (Å²) in [7, 11) is 0. The van der Waals surface area contributed by atoms with Crippen molar-refractivity contribution in [3.05, 3.63) is 0 Å². The van der Waals surface area contributed by atoms with Crippen LogP contribution in [0.3, 0.4) is 0 Å². The standard InChI is InChI=1S/C11H19NO/c1-9-4-6-11(13,7-5-9)10(2,3)8-12/h9,13H,4-7H2,1-3H3. The summed E-state index contributed by atoms with van der Waals surface area (Å²) in [6.45, 7) is 5.88. The molecule has 0 aromatic carbocycles. The maximum absolute atomic E-state index is 10.3. The van der Waals surface area contributed by atoms with E-state index in [2.05, 4.69) is 13.0 Å². The molecule has 0 radical (unpaired) electrons. The Morgan fingerprint density at radius 2 is 1.85 bits per heavy atom. The van der Waals surface area contributed by atoms with E-state index in [-0.39, 0.29) is 0 Å². The van der Waals surface area contributed by atoms with Gasteiger partial charge in [-0.25, -0.2) is 0 Å². The highest BCUT2D eigenvalue weighted by Gasteiger charge is 2.45. The van der Waals surface area contributed by atoms with Crippen molar-refractivity contribution in [2.45, 2.75) is 52.1 Å². The Balaban J connectivity index is 2.74. The molecule has 0 bridgehead atoms. The van der Waals surface area contributed by atoms with Crippen molar-refractivity contribution in [1.29, 1.82) is 5.26 Å². The van der Waals surface area contributed by atoms with Gasteiger partial charge < -0.3 is 5.11 Å². The fourth-order valence-electron chi connectivity index (χ4n) is 1.97. The van der Waals surface area contributed by atoms with E-state index < -0.39 is 11.0 Å². The number of aliphatic hydroxyl groups is 1. The summed E-state index contributed by atoms with van der Waals surface area (Å²) in [6.07, 6.45) is 3.63. The Morgan fingerprint density at radius 1 is 1.38 bits per heavy atom. The zero-order chi connectivity index (χ0) is 10.1. The fraction of sp³-hybridized carbons (Fsp3) is 0.909. The Hall–Kier alpha value is -0.550. The van der Waals surface area contributed by atoms with Crippen molar-refractivity contribution < 1.29 is 5.11 Å². The van der Waals surface area contributed by atoms with Crippen LogP contribution >= 0.6 is 0 Å². The Bertz CT molecular complexity index is 219. The molecule has 0 atom stereocenters. The molecule has 0 heterocycles. The SMILES string of the molecule is CC1CCC(O)(C(C)(C)C#N)CC1. The molecule has 74 valence electrons. The van der Waals surface area contributed by atoms with E-state index in [9.17, 15) is 5.11 Å². The van der Waals surface area contributed by atoms with Crippen molar-refractivity contribution in [2.75, 3.05) is 0 Å². The summed E-state index contributed by atoms with van der Waals surface area (Å²) >= 11 is 0. The molecular weight excluding hydrogens is 162 g/mol. The highest BCUT2D eigenvalue weighted by Crippen LogP contribution is 2.43. The lowest BCUT2D eigenvalue weighted by atomic mass is 9.66. The first-order valence-electron chi connectivity index (χ1n) is 5.05. The van der Waals surface area contributed by atoms with Crippen LogP contribution in [0, 0.1) is 22.7 Å². The largest absolute Gasteiger partial charge is 0.388 e. The summed E-state index contributed by atoms with van der Waals surface area (Å²) in [4.78, 5) is 0. The monoisotopic (exact) mass is 181 g/mol. The molecule has 2 nitrogen and oxygen atoms in total. The molecule has 0 amide bonds. The van der Waals surface area contributed by atoms with E-state index in [1.807, 2.05) is 13.8 Å². The number of nitriles is 1. The van der Waals surface area contributed by atoms with Crippen molar-refractivity contribution >= 4 is 0 Å². The lowest BCUT2D eigenvalue weighted by Crippen LogP contribution is -2.46. The van der Waals surface area contributed by atoms with Crippen molar-refractivity contribution in [3.63, 3.8) is 0 Å². The average molecular weight is 181 g/mol. The molecule has 2 heteroatoms. The van der Waals surface area contributed by atoms with Gasteiger partial charge in [0.25, 0.3) is 0 Å². The maximum atomic E-state index is 10.3. The third-order valence-electron chi connectivity index (χ3n) is 3.54. The van der Waals surface area contributed by atoms with Gasteiger partial charge in [-0.2, -0.15) is 5.26 Å². The van der Waals surface area contributed by atoms with E-state index in [0.29, 0.717) is 5.92 Å². The van der Waals surface area contributed by atoms with Crippen molar-refractivity contribution in [2.24, 2.45) is 11.3 Å². The molecule has 0 unspecified atom stereocenters. The number of hydrogen-bond donors (Lipinski definition) is 1. The van der Waals surface area contributed by atoms with E-state index in [1.54, 1.807) is 0 Å². The van der Waals surface area contributed by atoms with Crippen LogP contribution in [0.4, 0.5) is 0 Å². The zero-order valence-electron chi connectivity index (χ0n) is 8.80. The molecule has 0 aromatic rings. The summed E-state index contributed by atoms with van der Waals surface area (Å²) in [5.74, 6) is 0.703. The van der Waals surface area contributed by atoms with Crippen LogP contribution in [-0.4, -0.2) is 10.7 Å². The number of nitrogens with zero attached hydrogens (tertiary/aromatic N) is 1. The van der Waals surface area contributed by atoms with Gasteiger partial charge in [0.2, 0.25) is 0 Å². The molecule has 0 spiro atoms. The smallest absolute Gasteiger partial charge is 0.0828 e. The van der Waals surface area contributed by atoms with Gasteiger partial charge in [0, 0.05) is 0 Å². The highest BCUT2D eigenvalue weighted by atomic mass is 16.3. The minimum absolute atomic E-state index is 0.604. The van der Waals surface area contributed by atoms with Crippen LogP contribution in [0.25, 0.3) is 0 Å². The number of hydrogen-bond acceptors (Lipinski definition) is 2. The van der Waals surface area contributed by atoms with Gasteiger partial charge in [0.1, 0.15) is 0 Å². The lowest BCUT2D eigenvalue weighted by Gasteiger charge is -2.42. The molecule has 13 heavy (non-hydrogen) atoms. The molecule has 1 aliphatic carbocycles. The van der Waals surface area contributed by atoms with Gasteiger partial charge in [-0.15, -0.1) is 0 Å². The second-order valence-electron chi connectivity index (χ2n) is 4.95. The number of rotatable bonds is 1. The quantitative estimate of drug-likeness (QED) is 0.675. The Kier molecular flexibility index (Phi) is 2.68. The molecule has 1 fully saturated rings. The van der Waals surface area contributed by atoms with Crippen LogP contribution < -0.4 is 0 Å². The summed E-state index contributed by atoms with van der Waals surface area (Å²) in [5, 5.41) is 19.3. The molecule has 0 aromatic heterocycles. The summed E-state index contributed by atoms with van der Waals surface area (Å²) < 4.78 is 0. The first-order valence-corrected chi connectivity index (χ1v) is 5.05. The van der Waals surface area contributed by atoms with E-state index in [0.717, 1.165) is 25.7 Å². The normalized spacial score (nSPS) is 35.5. The second-order valence-corrected chi connectivity index (χ2v) is 4.95. The molecule has 0 saturated heterocycles. The van der Waals surface area contributed by atoms with E-state index in [1.165, 1.54) is 0 Å². The van der Waals surface area contributed by atoms with Crippen LogP contribution in [0.15, 0.2) is 0 Å². The highest BCUT2D eigenvalue weighted by molar-refractivity contribution is 5.07. The minimum Gasteiger partial charge on any atom is -0.388 e. The zero-order valence-corrected chi connectivity index (χ0v) is 8.80. The van der Waals surface area contributed by atoms with Crippen LogP contribution in [0.2, 0.25) is 0 Å². The average Bonchev–Trinajstić information content (AvgIpc) is 2.10. The third kappa shape index (κ3) is 1.86. The summed E-state index contributed by atoms with van der Waals surface area (Å²) in [6, 6.07) is 2.22. The predicted molar refractivity (Wildman–Crippen MR) is 52.0 cm³/mol. The van der Waals surface area contributed by atoms with Crippen LogP contribution in [-0.2, 0) is 0 Å². The van der Waals surface area contributed by atoms with Gasteiger partial charge in [0.05, 0.1) is 17.1 Å². The minimum atomic E-state index is -0.756. The fourth-order valence-corrected chi connectivity index (χ4v) is 1.97. The molecule has 0 aliphatic heterocycles. The van der Waals surface area contributed by atoms with Gasteiger partial charge in [-0.3, -0.25) is 0 Å². The van der Waals surface area contributed by atoms with Gasteiger partial charge >= 0.3 is 0 Å².